The van der Waals surface area contributed by atoms with Gasteiger partial charge in [-0.25, -0.2) is 0 Å². The molecule has 2 aromatic carbocycles. The van der Waals surface area contributed by atoms with Crippen LogP contribution in [0.25, 0.3) is 0 Å². The summed E-state index contributed by atoms with van der Waals surface area (Å²) in [4.78, 5) is 14.3. The van der Waals surface area contributed by atoms with Crippen LogP contribution in [0.1, 0.15) is 17.3 Å². The summed E-state index contributed by atoms with van der Waals surface area (Å²) in [7, 11) is 0. The molecule has 0 fully saturated rings. The van der Waals surface area contributed by atoms with E-state index in [4.69, 9.17) is 5.73 Å². The number of nitrogens with two attached hydrogens (primary N) is 1. The van der Waals surface area contributed by atoms with E-state index in [1.165, 1.54) is 0 Å². The Labute approximate surface area is 121 Å². The van der Waals surface area contributed by atoms with E-state index >= 15 is 0 Å². The maximum Gasteiger partial charge on any atom is 0.259 e. The number of rotatable bonds is 3. The second-order valence-corrected chi connectivity index (χ2v) is 4.94. The summed E-state index contributed by atoms with van der Waals surface area (Å²) < 4.78 is 0.785. The molecule has 0 atom stereocenters. The molecular weight excluding hydrogens is 304 g/mol. The topological polar surface area (TPSA) is 46.3 Å². The molecule has 4 heteroatoms. The lowest BCUT2D eigenvalue weighted by atomic mass is 10.1. The molecule has 19 heavy (non-hydrogen) atoms. The zero-order chi connectivity index (χ0) is 13.8. The van der Waals surface area contributed by atoms with Crippen LogP contribution in [0, 0.1) is 0 Å². The Bertz CT molecular complexity index is 598. The van der Waals surface area contributed by atoms with Gasteiger partial charge in [-0.1, -0.05) is 24.3 Å². The molecule has 0 saturated heterocycles. The summed E-state index contributed by atoms with van der Waals surface area (Å²) in [5, 5.41) is 0. The minimum atomic E-state index is -0.0622. The first-order valence-corrected chi connectivity index (χ1v) is 6.85. The minimum absolute atomic E-state index is 0.0622. The summed E-state index contributed by atoms with van der Waals surface area (Å²) >= 11 is 3.41. The zero-order valence-corrected chi connectivity index (χ0v) is 12.2. The summed E-state index contributed by atoms with van der Waals surface area (Å²) in [6.45, 7) is 2.50. The van der Waals surface area contributed by atoms with Crippen molar-refractivity contribution in [2.24, 2.45) is 0 Å². The summed E-state index contributed by atoms with van der Waals surface area (Å²) in [6.07, 6.45) is 0. The highest BCUT2D eigenvalue weighted by atomic mass is 79.9. The van der Waals surface area contributed by atoms with Crippen molar-refractivity contribution in [3.05, 3.63) is 58.6 Å². The quantitative estimate of drug-likeness (QED) is 0.877. The second kappa shape index (κ2) is 5.89. The van der Waals surface area contributed by atoms with Crippen LogP contribution in [-0.2, 0) is 0 Å². The Morgan fingerprint density at radius 3 is 2.42 bits per heavy atom. The van der Waals surface area contributed by atoms with Gasteiger partial charge in [0.05, 0.1) is 16.9 Å². The maximum atomic E-state index is 12.6. The van der Waals surface area contributed by atoms with Gasteiger partial charge >= 0.3 is 0 Å². The van der Waals surface area contributed by atoms with Gasteiger partial charge in [-0.3, -0.25) is 4.79 Å². The zero-order valence-electron chi connectivity index (χ0n) is 10.6. The van der Waals surface area contributed by atoms with E-state index in [0.29, 0.717) is 17.8 Å². The molecule has 0 spiro atoms. The van der Waals surface area contributed by atoms with Gasteiger partial charge in [0.2, 0.25) is 0 Å². The van der Waals surface area contributed by atoms with Crippen molar-refractivity contribution in [3.63, 3.8) is 0 Å². The van der Waals surface area contributed by atoms with Crippen LogP contribution in [0.4, 0.5) is 11.4 Å². The number of nitrogens with zero attached hydrogens (tertiary/aromatic N) is 1. The predicted octanol–water partition coefficient (Wildman–Crippen LogP) is 3.70. The smallest absolute Gasteiger partial charge is 0.259 e. The summed E-state index contributed by atoms with van der Waals surface area (Å²) in [5.41, 5.74) is 7.92. The van der Waals surface area contributed by atoms with Crippen molar-refractivity contribution in [2.45, 2.75) is 6.92 Å². The number of carbonyl (C=O) groups excluding carboxylic acids is 1. The van der Waals surface area contributed by atoms with Gasteiger partial charge in [-0.15, -0.1) is 0 Å². The Morgan fingerprint density at radius 1 is 1.16 bits per heavy atom. The number of halogens is 1. The molecule has 2 aromatic rings. The number of nitrogen functional groups attached to an aromatic ring is 1. The van der Waals surface area contributed by atoms with Gasteiger partial charge in [0.1, 0.15) is 0 Å². The monoisotopic (exact) mass is 318 g/mol. The fourth-order valence-electron chi connectivity index (χ4n) is 1.94. The molecule has 0 heterocycles. The van der Waals surface area contributed by atoms with Crippen molar-refractivity contribution in [2.75, 3.05) is 17.2 Å². The molecule has 0 aromatic heterocycles. The molecule has 0 radical (unpaired) electrons. The third kappa shape index (κ3) is 2.79. The van der Waals surface area contributed by atoms with Crippen LogP contribution in [0.2, 0.25) is 0 Å². The first-order valence-electron chi connectivity index (χ1n) is 6.06. The third-order valence-corrected chi connectivity index (χ3v) is 3.58. The van der Waals surface area contributed by atoms with Crippen LogP contribution in [-0.4, -0.2) is 12.5 Å². The van der Waals surface area contributed by atoms with Gasteiger partial charge in [0.15, 0.2) is 0 Å². The first kappa shape index (κ1) is 13.6. The van der Waals surface area contributed by atoms with E-state index in [0.717, 1.165) is 10.2 Å². The van der Waals surface area contributed by atoms with E-state index in [1.807, 2.05) is 43.3 Å². The second-order valence-electron chi connectivity index (χ2n) is 4.09. The molecule has 0 aliphatic rings. The predicted molar refractivity (Wildman–Crippen MR) is 82.3 cm³/mol. The number of hydrogen-bond acceptors (Lipinski definition) is 2. The molecule has 1 amide bonds. The van der Waals surface area contributed by atoms with Crippen molar-refractivity contribution in [3.8, 4) is 0 Å². The number of amides is 1. The highest BCUT2D eigenvalue weighted by Crippen LogP contribution is 2.26. The molecular formula is C15H15BrN2O. The van der Waals surface area contributed by atoms with Crippen molar-refractivity contribution in [1.82, 2.24) is 0 Å². The van der Waals surface area contributed by atoms with E-state index in [-0.39, 0.29) is 5.91 Å². The highest BCUT2D eigenvalue weighted by molar-refractivity contribution is 9.10. The number of hydrogen-bond donors (Lipinski definition) is 1. The molecule has 0 aliphatic heterocycles. The van der Waals surface area contributed by atoms with Gasteiger partial charge in [-0.2, -0.15) is 0 Å². The SMILES string of the molecule is CCN(C(=O)c1ccccc1Br)c1ccccc1N. The molecule has 98 valence electrons. The van der Waals surface area contributed by atoms with E-state index in [1.54, 1.807) is 17.0 Å². The number of anilines is 2. The average molecular weight is 319 g/mol. The van der Waals surface area contributed by atoms with Crippen molar-refractivity contribution in [1.29, 1.82) is 0 Å². The minimum Gasteiger partial charge on any atom is -0.397 e. The largest absolute Gasteiger partial charge is 0.397 e. The summed E-state index contributed by atoms with van der Waals surface area (Å²) in [6, 6.07) is 14.8. The molecule has 0 unspecified atom stereocenters. The van der Waals surface area contributed by atoms with Crippen LogP contribution >= 0.6 is 15.9 Å². The van der Waals surface area contributed by atoms with Gasteiger partial charge in [0, 0.05) is 11.0 Å². The Morgan fingerprint density at radius 2 is 1.79 bits per heavy atom. The molecule has 0 aliphatic carbocycles. The van der Waals surface area contributed by atoms with E-state index in [2.05, 4.69) is 15.9 Å². The van der Waals surface area contributed by atoms with Crippen molar-refractivity contribution < 1.29 is 4.79 Å². The molecule has 0 saturated carbocycles. The molecule has 3 nitrogen and oxygen atoms in total. The van der Waals surface area contributed by atoms with Gasteiger partial charge in [0.25, 0.3) is 5.91 Å². The highest BCUT2D eigenvalue weighted by Gasteiger charge is 2.19. The van der Waals surface area contributed by atoms with Gasteiger partial charge in [-0.05, 0) is 47.1 Å². The summed E-state index contributed by atoms with van der Waals surface area (Å²) in [5.74, 6) is -0.0622. The Balaban J connectivity index is 2.41. The number of para-hydroxylation sites is 2. The molecule has 0 bridgehead atoms. The lowest BCUT2D eigenvalue weighted by molar-refractivity contribution is 0.0987. The fraction of sp³-hybridized carbons (Fsp3) is 0.133. The van der Waals surface area contributed by atoms with Crippen molar-refractivity contribution >= 4 is 33.2 Å². The van der Waals surface area contributed by atoms with Gasteiger partial charge < -0.3 is 10.6 Å². The van der Waals surface area contributed by atoms with Crippen LogP contribution in [0.3, 0.4) is 0 Å². The lowest BCUT2D eigenvalue weighted by Gasteiger charge is -2.23. The van der Waals surface area contributed by atoms with E-state index in [9.17, 15) is 4.79 Å². The van der Waals surface area contributed by atoms with Crippen LogP contribution in [0.5, 0.6) is 0 Å². The Kier molecular flexibility index (Phi) is 4.22. The van der Waals surface area contributed by atoms with Crippen LogP contribution < -0.4 is 10.6 Å². The molecule has 2 N–H and O–H groups in total. The first-order chi connectivity index (χ1) is 9.15. The Hall–Kier alpha value is -1.81. The lowest BCUT2D eigenvalue weighted by Crippen LogP contribution is -2.31. The van der Waals surface area contributed by atoms with E-state index < -0.39 is 0 Å². The number of benzene rings is 2. The van der Waals surface area contributed by atoms with Crippen LogP contribution in [0.15, 0.2) is 53.0 Å². The maximum absolute atomic E-state index is 12.6. The third-order valence-electron chi connectivity index (χ3n) is 2.89. The fourth-order valence-corrected chi connectivity index (χ4v) is 2.39. The number of carbonyl (C=O) groups is 1. The normalized spacial score (nSPS) is 10.2. The molecule has 2 rings (SSSR count). The standard InChI is InChI=1S/C15H15BrN2O/c1-2-18(14-10-6-5-9-13(14)17)15(19)11-7-3-4-8-12(11)16/h3-10H,2,17H2,1H3. The average Bonchev–Trinajstić information content (AvgIpc) is 2.42.